The van der Waals surface area contributed by atoms with Crippen molar-refractivity contribution in [3.63, 3.8) is 0 Å². The van der Waals surface area contributed by atoms with Crippen molar-refractivity contribution in [3.05, 3.63) is 0 Å². The maximum absolute atomic E-state index is 11.4. The zero-order valence-corrected chi connectivity index (χ0v) is 11.2. The molecule has 0 aromatic carbocycles. The van der Waals surface area contributed by atoms with Crippen LogP contribution in [0.5, 0.6) is 0 Å². The van der Waals surface area contributed by atoms with Crippen LogP contribution in [0, 0.1) is 0 Å². The summed E-state index contributed by atoms with van der Waals surface area (Å²) in [6.45, 7) is 3.54. The van der Waals surface area contributed by atoms with Gasteiger partial charge >= 0.3 is 0 Å². The largest absolute Gasteiger partial charge is 0.376 e. The third kappa shape index (κ3) is 3.91. The van der Waals surface area contributed by atoms with Crippen LogP contribution < -0.4 is 5.32 Å². The van der Waals surface area contributed by atoms with E-state index in [1.807, 2.05) is 7.05 Å². The first-order valence-corrected chi connectivity index (χ1v) is 8.12. The zero-order chi connectivity index (χ0) is 12.3. The minimum Gasteiger partial charge on any atom is -0.376 e. The molecule has 0 radical (unpaired) electrons. The molecular weight excluding hydrogens is 240 g/mol. The van der Waals surface area contributed by atoms with E-state index in [-0.39, 0.29) is 12.1 Å². The second-order valence-corrected chi connectivity index (χ2v) is 7.25. The lowest BCUT2D eigenvalue weighted by Gasteiger charge is -2.28. The SMILES string of the molecule is CN(CCC1CNCCO1)C1CCS(=O)(=O)C1. The maximum Gasteiger partial charge on any atom is 0.151 e. The van der Waals surface area contributed by atoms with Gasteiger partial charge in [0.25, 0.3) is 0 Å². The topological polar surface area (TPSA) is 58.6 Å². The quantitative estimate of drug-likeness (QED) is 0.739. The summed E-state index contributed by atoms with van der Waals surface area (Å²) in [6, 6.07) is 0.205. The van der Waals surface area contributed by atoms with Gasteiger partial charge in [-0.3, -0.25) is 0 Å². The van der Waals surface area contributed by atoms with Crippen molar-refractivity contribution in [2.24, 2.45) is 0 Å². The average molecular weight is 262 g/mol. The highest BCUT2D eigenvalue weighted by Gasteiger charge is 2.30. The van der Waals surface area contributed by atoms with E-state index in [1.165, 1.54) is 0 Å². The Labute approximate surface area is 103 Å². The number of rotatable bonds is 4. The Morgan fingerprint density at radius 1 is 1.47 bits per heavy atom. The van der Waals surface area contributed by atoms with E-state index in [0.29, 0.717) is 11.5 Å². The van der Waals surface area contributed by atoms with Gasteiger partial charge in [0.05, 0.1) is 24.2 Å². The second kappa shape index (κ2) is 5.65. The van der Waals surface area contributed by atoms with Gasteiger partial charge in [-0.15, -0.1) is 0 Å². The van der Waals surface area contributed by atoms with Gasteiger partial charge in [0.15, 0.2) is 9.84 Å². The summed E-state index contributed by atoms with van der Waals surface area (Å²) in [5.74, 6) is 0.677. The number of nitrogens with zero attached hydrogens (tertiary/aromatic N) is 1. The van der Waals surface area contributed by atoms with Crippen LogP contribution in [-0.2, 0) is 14.6 Å². The molecular formula is C11H22N2O3S. The van der Waals surface area contributed by atoms with E-state index in [4.69, 9.17) is 4.74 Å². The lowest BCUT2D eigenvalue weighted by Crippen LogP contribution is -2.41. The van der Waals surface area contributed by atoms with E-state index in [2.05, 4.69) is 10.2 Å². The molecule has 2 aliphatic heterocycles. The Bertz CT molecular complexity index is 339. The van der Waals surface area contributed by atoms with E-state index in [0.717, 1.165) is 39.1 Å². The fourth-order valence-electron chi connectivity index (χ4n) is 2.46. The Morgan fingerprint density at radius 3 is 2.88 bits per heavy atom. The Hall–Kier alpha value is -0.170. The molecule has 5 nitrogen and oxygen atoms in total. The van der Waals surface area contributed by atoms with Gasteiger partial charge in [0, 0.05) is 25.7 Å². The molecule has 0 aromatic heterocycles. The Kier molecular flexibility index (Phi) is 4.41. The molecule has 100 valence electrons. The van der Waals surface area contributed by atoms with Crippen LogP contribution in [0.1, 0.15) is 12.8 Å². The summed E-state index contributed by atoms with van der Waals surface area (Å²) in [5, 5.41) is 3.30. The van der Waals surface area contributed by atoms with Gasteiger partial charge in [0.2, 0.25) is 0 Å². The Balaban J connectivity index is 1.72. The molecule has 6 heteroatoms. The smallest absolute Gasteiger partial charge is 0.151 e. The van der Waals surface area contributed by atoms with Crippen LogP contribution in [0.3, 0.4) is 0 Å². The zero-order valence-electron chi connectivity index (χ0n) is 10.4. The molecule has 2 heterocycles. The van der Waals surface area contributed by atoms with E-state index in [9.17, 15) is 8.42 Å². The number of sulfone groups is 1. The normalized spacial score (nSPS) is 33.1. The van der Waals surface area contributed by atoms with Gasteiger partial charge in [-0.2, -0.15) is 0 Å². The molecule has 2 atom stereocenters. The highest BCUT2D eigenvalue weighted by atomic mass is 32.2. The molecule has 2 saturated heterocycles. The summed E-state index contributed by atoms with van der Waals surface area (Å²) < 4.78 is 28.4. The van der Waals surface area contributed by atoms with Crippen molar-refractivity contribution >= 4 is 9.84 Å². The summed E-state index contributed by atoms with van der Waals surface area (Å²) in [5.41, 5.74) is 0. The van der Waals surface area contributed by atoms with Gasteiger partial charge in [-0.05, 0) is 19.9 Å². The van der Waals surface area contributed by atoms with Crippen molar-refractivity contribution in [2.75, 3.05) is 44.8 Å². The monoisotopic (exact) mass is 262 g/mol. The molecule has 0 amide bonds. The van der Waals surface area contributed by atoms with E-state index < -0.39 is 9.84 Å². The standard InChI is InChI=1S/C11H22N2O3S/c1-13(10-3-7-17(14,15)9-10)5-2-11-8-12-4-6-16-11/h10-12H,2-9H2,1H3. The Morgan fingerprint density at radius 2 is 2.29 bits per heavy atom. The summed E-state index contributed by atoms with van der Waals surface area (Å²) >= 11 is 0. The third-order valence-electron chi connectivity index (χ3n) is 3.64. The highest BCUT2D eigenvalue weighted by molar-refractivity contribution is 7.91. The lowest BCUT2D eigenvalue weighted by atomic mass is 10.2. The molecule has 2 rings (SSSR count). The fraction of sp³-hybridized carbons (Fsp3) is 1.00. The van der Waals surface area contributed by atoms with Crippen molar-refractivity contribution < 1.29 is 13.2 Å². The molecule has 2 unspecified atom stereocenters. The predicted octanol–water partition coefficient (Wildman–Crippen LogP) is -0.516. The van der Waals surface area contributed by atoms with Crippen LogP contribution in [0.4, 0.5) is 0 Å². The second-order valence-electron chi connectivity index (χ2n) is 5.02. The van der Waals surface area contributed by atoms with Crippen molar-refractivity contribution in [2.45, 2.75) is 25.0 Å². The van der Waals surface area contributed by atoms with Gasteiger partial charge < -0.3 is 15.0 Å². The van der Waals surface area contributed by atoms with Crippen molar-refractivity contribution in [1.82, 2.24) is 10.2 Å². The van der Waals surface area contributed by atoms with E-state index in [1.54, 1.807) is 0 Å². The van der Waals surface area contributed by atoms with Crippen molar-refractivity contribution in [3.8, 4) is 0 Å². The highest BCUT2D eigenvalue weighted by Crippen LogP contribution is 2.17. The minimum atomic E-state index is -2.77. The number of nitrogens with one attached hydrogen (secondary N) is 1. The average Bonchev–Trinajstić information content (AvgIpc) is 2.68. The van der Waals surface area contributed by atoms with Crippen LogP contribution in [0.25, 0.3) is 0 Å². The van der Waals surface area contributed by atoms with Crippen LogP contribution >= 0.6 is 0 Å². The van der Waals surface area contributed by atoms with Crippen LogP contribution in [-0.4, -0.2) is 70.3 Å². The molecule has 0 saturated carbocycles. The molecule has 0 aromatic rings. The summed E-state index contributed by atoms with van der Waals surface area (Å²) in [4.78, 5) is 2.17. The van der Waals surface area contributed by atoms with Crippen LogP contribution in [0.15, 0.2) is 0 Å². The number of hydrogen-bond acceptors (Lipinski definition) is 5. The van der Waals surface area contributed by atoms with Gasteiger partial charge in [-0.1, -0.05) is 0 Å². The first-order valence-electron chi connectivity index (χ1n) is 6.30. The molecule has 2 fully saturated rings. The van der Waals surface area contributed by atoms with Gasteiger partial charge in [0.1, 0.15) is 0 Å². The van der Waals surface area contributed by atoms with Gasteiger partial charge in [-0.25, -0.2) is 8.42 Å². The molecule has 1 N–H and O–H groups in total. The van der Waals surface area contributed by atoms with Crippen LogP contribution in [0.2, 0.25) is 0 Å². The summed E-state index contributed by atoms with van der Waals surface area (Å²) in [6.07, 6.45) is 2.03. The minimum absolute atomic E-state index is 0.205. The predicted molar refractivity (Wildman–Crippen MR) is 66.9 cm³/mol. The molecule has 2 aliphatic rings. The number of hydrogen-bond donors (Lipinski definition) is 1. The first kappa shape index (κ1) is 13.3. The first-order chi connectivity index (χ1) is 8.07. The molecule has 0 bridgehead atoms. The maximum atomic E-state index is 11.4. The van der Waals surface area contributed by atoms with Crippen molar-refractivity contribution in [1.29, 1.82) is 0 Å². The molecule has 0 aliphatic carbocycles. The fourth-order valence-corrected chi connectivity index (χ4v) is 4.26. The number of ether oxygens (including phenoxy) is 1. The van der Waals surface area contributed by atoms with E-state index >= 15 is 0 Å². The molecule has 17 heavy (non-hydrogen) atoms. The summed E-state index contributed by atoms with van der Waals surface area (Å²) in [7, 11) is -0.753. The third-order valence-corrected chi connectivity index (χ3v) is 5.39. The molecule has 0 spiro atoms. The number of morpholine rings is 1. The lowest BCUT2D eigenvalue weighted by molar-refractivity contribution is 0.0171.